The van der Waals surface area contributed by atoms with Crippen LogP contribution in [0.1, 0.15) is 12.0 Å². The zero-order chi connectivity index (χ0) is 16.7. The number of benzene rings is 2. The third-order valence-electron chi connectivity index (χ3n) is 3.17. The summed E-state index contributed by atoms with van der Waals surface area (Å²) in [6.07, 6.45) is 1.13. The van der Waals surface area contributed by atoms with E-state index < -0.39 is 0 Å². The molecule has 2 N–H and O–H groups in total. The van der Waals surface area contributed by atoms with Crippen molar-refractivity contribution in [3.63, 3.8) is 0 Å². The quantitative estimate of drug-likeness (QED) is 0.733. The molecule has 23 heavy (non-hydrogen) atoms. The van der Waals surface area contributed by atoms with E-state index in [9.17, 15) is 4.79 Å². The summed E-state index contributed by atoms with van der Waals surface area (Å²) < 4.78 is 0. The lowest BCUT2D eigenvalue weighted by Gasteiger charge is -2.08. The molecule has 0 aromatic heterocycles. The zero-order valence-corrected chi connectivity index (χ0v) is 14.7. The standard InChI is InChI=1S/C17H17Cl3N2O/c18-13-3-1-2-12(8-13)4-6-22-17(23)5-7-21-16-10-14(19)9-15(20)11-16/h1-3,8-11,21H,4-7H2,(H,22,23). The highest BCUT2D eigenvalue weighted by atomic mass is 35.5. The summed E-state index contributed by atoms with van der Waals surface area (Å²) in [6.45, 7) is 1.10. The molecule has 0 unspecified atom stereocenters. The molecule has 0 aliphatic rings. The van der Waals surface area contributed by atoms with Crippen LogP contribution in [0.5, 0.6) is 0 Å². The number of nitrogens with one attached hydrogen (secondary N) is 2. The second-order valence-electron chi connectivity index (χ2n) is 5.06. The van der Waals surface area contributed by atoms with Gasteiger partial charge in [-0.25, -0.2) is 0 Å². The molecule has 3 nitrogen and oxygen atoms in total. The van der Waals surface area contributed by atoms with E-state index in [1.165, 1.54) is 0 Å². The van der Waals surface area contributed by atoms with Gasteiger partial charge in [-0.3, -0.25) is 4.79 Å². The van der Waals surface area contributed by atoms with Gasteiger partial charge in [-0.05, 0) is 42.3 Å². The Bertz CT molecular complexity index is 656. The lowest BCUT2D eigenvalue weighted by Crippen LogP contribution is -2.27. The van der Waals surface area contributed by atoms with Gasteiger partial charge in [-0.15, -0.1) is 0 Å². The van der Waals surface area contributed by atoms with E-state index in [2.05, 4.69) is 10.6 Å². The number of amides is 1. The van der Waals surface area contributed by atoms with Gasteiger partial charge in [-0.1, -0.05) is 46.9 Å². The molecule has 0 heterocycles. The van der Waals surface area contributed by atoms with Gasteiger partial charge in [0.2, 0.25) is 5.91 Å². The van der Waals surface area contributed by atoms with E-state index >= 15 is 0 Å². The fourth-order valence-corrected chi connectivity index (χ4v) is 2.84. The van der Waals surface area contributed by atoms with Crippen LogP contribution in [0.3, 0.4) is 0 Å². The highest BCUT2D eigenvalue weighted by molar-refractivity contribution is 6.35. The highest BCUT2D eigenvalue weighted by Crippen LogP contribution is 2.22. The number of halogens is 3. The molecule has 0 aliphatic carbocycles. The molecule has 0 aliphatic heterocycles. The largest absolute Gasteiger partial charge is 0.384 e. The van der Waals surface area contributed by atoms with E-state index in [4.69, 9.17) is 34.8 Å². The molecule has 2 aromatic carbocycles. The fraction of sp³-hybridized carbons (Fsp3) is 0.235. The van der Waals surface area contributed by atoms with Crippen LogP contribution in [0.15, 0.2) is 42.5 Å². The highest BCUT2D eigenvalue weighted by Gasteiger charge is 2.02. The lowest BCUT2D eigenvalue weighted by molar-refractivity contribution is -0.120. The van der Waals surface area contributed by atoms with Gasteiger partial charge in [0.15, 0.2) is 0 Å². The average Bonchev–Trinajstić information content (AvgIpc) is 2.46. The van der Waals surface area contributed by atoms with Gasteiger partial charge in [0.25, 0.3) is 0 Å². The van der Waals surface area contributed by atoms with Crippen LogP contribution < -0.4 is 10.6 Å². The van der Waals surface area contributed by atoms with Gasteiger partial charge in [0.1, 0.15) is 0 Å². The number of carbonyl (C=O) groups excluding carboxylic acids is 1. The molecule has 0 atom stereocenters. The van der Waals surface area contributed by atoms with E-state index in [1.807, 2.05) is 24.3 Å². The molecule has 0 fully saturated rings. The van der Waals surface area contributed by atoms with Crippen molar-refractivity contribution in [1.82, 2.24) is 5.32 Å². The van der Waals surface area contributed by atoms with Gasteiger partial charge in [0.05, 0.1) is 0 Å². The first-order chi connectivity index (χ1) is 11.0. The summed E-state index contributed by atoms with van der Waals surface area (Å²) >= 11 is 17.8. The molecule has 0 saturated carbocycles. The van der Waals surface area contributed by atoms with Crippen molar-refractivity contribution in [2.75, 3.05) is 18.4 Å². The van der Waals surface area contributed by atoms with Crippen molar-refractivity contribution >= 4 is 46.4 Å². The van der Waals surface area contributed by atoms with Crippen LogP contribution in [0.2, 0.25) is 15.1 Å². The van der Waals surface area contributed by atoms with Crippen molar-refractivity contribution in [2.45, 2.75) is 12.8 Å². The topological polar surface area (TPSA) is 41.1 Å². The number of anilines is 1. The van der Waals surface area contributed by atoms with Gasteiger partial charge in [0, 0.05) is 40.3 Å². The van der Waals surface area contributed by atoms with Gasteiger partial charge < -0.3 is 10.6 Å². The van der Waals surface area contributed by atoms with Crippen LogP contribution >= 0.6 is 34.8 Å². The molecule has 0 saturated heterocycles. The minimum atomic E-state index is -0.00680. The smallest absolute Gasteiger partial charge is 0.221 e. The average molecular weight is 372 g/mol. The Morgan fingerprint density at radius 2 is 1.65 bits per heavy atom. The number of carbonyl (C=O) groups is 1. The summed E-state index contributed by atoms with van der Waals surface area (Å²) in [6, 6.07) is 12.8. The zero-order valence-electron chi connectivity index (χ0n) is 12.4. The van der Waals surface area contributed by atoms with Crippen molar-refractivity contribution < 1.29 is 4.79 Å². The molecule has 0 spiro atoms. The third-order valence-corrected chi connectivity index (χ3v) is 3.84. The van der Waals surface area contributed by atoms with Crippen molar-refractivity contribution in [1.29, 1.82) is 0 Å². The van der Waals surface area contributed by atoms with Crippen LogP contribution in [0.4, 0.5) is 5.69 Å². The number of hydrogen-bond donors (Lipinski definition) is 2. The molecule has 0 bridgehead atoms. The third kappa shape index (κ3) is 6.69. The maximum Gasteiger partial charge on any atom is 0.221 e. The Labute approximate surface area is 150 Å². The van der Waals surface area contributed by atoms with E-state index in [-0.39, 0.29) is 5.91 Å². The maximum absolute atomic E-state index is 11.8. The summed E-state index contributed by atoms with van der Waals surface area (Å²) in [7, 11) is 0. The lowest BCUT2D eigenvalue weighted by atomic mass is 10.1. The second kappa shape index (κ2) is 9.02. The van der Waals surface area contributed by atoms with Gasteiger partial charge in [-0.2, -0.15) is 0 Å². The van der Waals surface area contributed by atoms with Gasteiger partial charge >= 0.3 is 0 Å². The van der Waals surface area contributed by atoms with Crippen LogP contribution in [-0.2, 0) is 11.2 Å². The molecular weight excluding hydrogens is 355 g/mol. The van der Waals surface area contributed by atoms with Crippen LogP contribution in [-0.4, -0.2) is 19.0 Å². The first kappa shape index (κ1) is 17.9. The molecule has 122 valence electrons. The molecular formula is C17H17Cl3N2O. The Morgan fingerprint density at radius 3 is 2.35 bits per heavy atom. The summed E-state index contributed by atoms with van der Waals surface area (Å²) in [4.78, 5) is 11.8. The second-order valence-corrected chi connectivity index (χ2v) is 6.37. The molecule has 2 aromatic rings. The Hall–Kier alpha value is -1.42. The summed E-state index contributed by atoms with van der Waals surface area (Å²) in [5.74, 6) is -0.00680. The van der Waals surface area contributed by atoms with Crippen molar-refractivity contribution in [2.24, 2.45) is 0 Å². The SMILES string of the molecule is O=C(CCNc1cc(Cl)cc(Cl)c1)NCCc1cccc(Cl)c1. The van der Waals surface area contributed by atoms with E-state index in [0.717, 1.165) is 17.7 Å². The minimum absolute atomic E-state index is 0.00680. The first-order valence-corrected chi connectivity index (χ1v) is 8.37. The normalized spacial score (nSPS) is 10.4. The van der Waals surface area contributed by atoms with E-state index in [0.29, 0.717) is 34.6 Å². The summed E-state index contributed by atoms with van der Waals surface area (Å²) in [5, 5.41) is 7.84. The van der Waals surface area contributed by atoms with E-state index in [1.54, 1.807) is 18.2 Å². The Balaban J connectivity index is 1.67. The predicted molar refractivity (Wildman–Crippen MR) is 97.7 cm³/mol. The first-order valence-electron chi connectivity index (χ1n) is 7.24. The van der Waals surface area contributed by atoms with Crippen LogP contribution in [0.25, 0.3) is 0 Å². The molecule has 6 heteroatoms. The van der Waals surface area contributed by atoms with Crippen molar-refractivity contribution in [3.8, 4) is 0 Å². The Morgan fingerprint density at radius 1 is 0.913 bits per heavy atom. The fourth-order valence-electron chi connectivity index (χ4n) is 2.10. The number of rotatable bonds is 7. The van der Waals surface area contributed by atoms with Crippen molar-refractivity contribution in [3.05, 3.63) is 63.1 Å². The predicted octanol–water partition coefficient (Wildman–Crippen LogP) is 4.81. The monoisotopic (exact) mass is 370 g/mol. The molecule has 2 rings (SSSR count). The molecule has 1 amide bonds. The Kier molecular flexibility index (Phi) is 7.03. The maximum atomic E-state index is 11.8. The number of hydrogen-bond acceptors (Lipinski definition) is 2. The summed E-state index contributed by atoms with van der Waals surface area (Å²) in [5.41, 5.74) is 1.90. The van der Waals surface area contributed by atoms with Crippen LogP contribution in [0, 0.1) is 0 Å². The molecule has 0 radical (unpaired) electrons. The minimum Gasteiger partial charge on any atom is -0.384 e.